The second-order valence-electron chi connectivity index (χ2n) is 2.89. The molecule has 0 fully saturated rings. The van der Waals surface area contributed by atoms with E-state index in [0.29, 0.717) is 13.0 Å². The number of thiazole rings is 1. The SMILES string of the molecule is NCCCO/N=C(\C(=O)O)c1nc(N)sc1Cl. The smallest absolute Gasteiger partial charge is 0.360 e. The van der Waals surface area contributed by atoms with Crippen LogP contribution in [-0.2, 0) is 9.63 Å². The number of hydrogen-bond donors (Lipinski definition) is 3. The third-order valence-corrected chi connectivity index (χ3v) is 2.71. The molecule has 1 heterocycles. The van der Waals surface area contributed by atoms with E-state index < -0.39 is 5.97 Å². The largest absolute Gasteiger partial charge is 0.476 e. The van der Waals surface area contributed by atoms with Gasteiger partial charge in [0.05, 0.1) is 0 Å². The minimum atomic E-state index is -1.29. The lowest BCUT2D eigenvalue weighted by molar-refractivity contribution is -0.129. The monoisotopic (exact) mass is 278 g/mol. The van der Waals surface area contributed by atoms with Crippen molar-refractivity contribution < 1.29 is 14.7 Å². The Morgan fingerprint density at radius 3 is 2.82 bits per heavy atom. The van der Waals surface area contributed by atoms with Gasteiger partial charge in [0.25, 0.3) is 0 Å². The molecule has 0 aliphatic carbocycles. The first kappa shape index (κ1) is 13.7. The topological polar surface area (TPSA) is 124 Å². The van der Waals surface area contributed by atoms with Crippen LogP contribution >= 0.6 is 22.9 Å². The summed E-state index contributed by atoms with van der Waals surface area (Å²) in [6.45, 7) is 0.660. The van der Waals surface area contributed by atoms with E-state index in [0.717, 1.165) is 11.3 Å². The molecule has 0 spiro atoms. The van der Waals surface area contributed by atoms with Crippen molar-refractivity contribution in [3.8, 4) is 0 Å². The standard InChI is InChI=1S/C8H11ClN4O3S/c9-6-4(12-8(11)17-6)5(7(14)15)13-16-3-1-2-10/h1-3,10H2,(H2,11,12)(H,14,15)/b13-5-. The van der Waals surface area contributed by atoms with Gasteiger partial charge in [-0.2, -0.15) is 0 Å². The van der Waals surface area contributed by atoms with E-state index in [9.17, 15) is 4.79 Å². The van der Waals surface area contributed by atoms with E-state index in [1.807, 2.05) is 0 Å². The van der Waals surface area contributed by atoms with Gasteiger partial charge in [-0.25, -0.2) is 9.78 Å². The quantitative estimate of drug-likeness (QED) is 0.396. The number of anilines is 1. The van der Waals surface area contributed by atoms with Gasteiger partial charge in [-0.1, -0.05) is 28.1 Å². The summed E-state index contributed by atoms with van der Waals surface area (Å²) in [6.07, 6.45) is 0.573. The second-order valence-corrected chi connectivity index (χ2v) is 4.53. The molecule has 0 aliphatic rings. The van der Waals surface area contributed by atoms with Crippen molar-refractivity contribution in [1.29, 1.82) is 0 Å². The maximum atomic E-state index is 11.0. The van der Waals surface area contributed by atoms with Crippen LogP contribution in [0.1, 0.15) is 12.1 Å². The number of aromatic nitrogens is 1. The van der Waals surface area contributed by atoms with Crippen LogP contribution in [0.2, 0.25) is 4.34 Å². The molecule has 5 N–H and O–H groups in total. The van der Waals surface area contributed by atoms with Gasteiger partial charge in [-0.15, -0.1) is 0 Å². The highest BCUT2D eigenvalue weighted by atomic mass is 35.5. The highest BCUT2D eigenvalue weighted by molar-refractivity contribution is 7.19. The summed E-state index contributed by atoms with van der Waals surface area (Å²) < 4.78 is 0.158. The number of nitrogens with two attached hydrogens (primary N) is 2. The number of hydrogen-bond acceptors (Lipinski definition) is 7. The molecular formula is C8H11ClN4O3S. The van der Waals surface area contributed by atoms with Crippen LogP contribution in [0.4, 0.5) is 5.13 Å². The Kier molecular flexibility index (Phi) is 5.13. The molecule has 1 rings (SSSR count). The van der Waals surface area contributed by atoms with Gasteiger partial charge in [-0.05, 0) is 13.0 Å². The zero-order valence-corrected chi connectivity index (χ0v) is 10.3. The van der Waals surface area contributed by atoms with E-state index in [4.69, 9.17) is 33.0 Å². The first-order valence-electron chi connectivity index (χ1n) is 4.61. The molecule has 94 valence electrons. The molecule has 0 unspecified atom stereocenters. The summed E-state index contributed by atoms with van der Waals surface area (Å²) in [6, 6.07) is 0. The number of halogens is 1. The van der Waals surface area contributed by atoms with Crippen LogP contribution in [0.3, 0.4) is 0 Å². The van der Waals surface area contributed by atoms with Gasteiger partial charge in [0.1, 0.15) is 16.6 Å². The van der Waals surface area contributed by atoms with Crippen LogP contribution in [0.5, 0.6) is 0 Å². The molecule has 0 bridgehead atoms. The molecule has 0 saturated carbocycles. The second kappa shape index (κ2) is 6.38. The van der Waals surface area contributed by atoms with E-state index in [1.165, 1.54) is 0 Å². The highest BCUT2D eigenvalue weighted by Crippen LogP contribution is 2.26. The Balaban J connectivity index is 2.86. The minimum absolute atomic E-state index is 0.00872. The Morgan fingerprint density at radius 1 is 1.65 bits per heavy atom. The van der Waals surface area contributed by atoms with E-state index >= 15 is 0 Å². The fraction of sp³-hybridized carbons (Fsp3) is 0.375. The van der Waals surface area contributed by atoms with Gasteiger partial charge >= 0.3 is 5.97 Å². The lowest BCUT2D eigenvalue weighted by Crippen LogP contribution is -2.16. The number of carboxylic acids is 1. The number of carboxylic acid groups (broad SMARTS) is 1. The van der Waals surface area contributed by atoms with Crippen molar-refractivity contribution in [3.05, 3.63) is 10.0 Å². The molecular weight excluding hydrogens is 268 g/mol. The normalized spacial score (nSPS) is 11.5. The number of carbonyl (C=O) groups is 1. The number of rotatable bonds is 6. The van der Waals surface area contributed by atoms with Crippen LogP contribution in [0, 0.1) is 0 Å². The van der Waals surface area contributed by atoms with Crippen molar-refractivity contribution >= 4 is 39.8 Å². The van der Waals surface area contributed by atoms with Gasteiger partial charge in [0.15, 0.2) is 5.13 Å². The third kappa shape index (κ3) is 3.84. The molecule has 0 aromatic carbocycles. The molecule has 0 amide bonds. The number of nitrogens with zero attached hydrogens (tertiary/aromatic N) is 2. The van der Waals surface area contributed by atoms with E-state index in [2.05, 4.69) is 10.1 Å². The van der Waals surface area contributed by atoms with Crippen molar-refractivity contribution in [2.24, 2.45) is 10.9 Å². The summed E-state index contributed by atoms with van der Waals surface area (Å²) in [5.74, 6) is -1.29. The zero-order chi connectivity index (χ0) is 12.8. The first-order chi connectivity index (χ1) is 8.06. The van der Waals surface area contributed by atoms with Crippen molar-refractivity contribution in [2.45, 2.75) is 6.42 Å². The lowest BCUT2D eigenvalue weighted by atomic mass is 10.3. The molecule has 1 aromatic rings. The van der Waals surface area contributed by atoms with Gasteiger partial charge in [0.2, 0.25) is 5.71 Å². The van der Waals surface area contributed by atoms with E-state index in [-0.39, 0.29) is 27.5 Å². The molecule has 7 nitrogen and oxygen atoms in total. The first-order valence-corrected chi connectivity index (χ1v) is 5.81. The number of aliphatic carboxylic acids is 1. The van der Waals surface area contributed by atoms with E-state index in [1.54, 1.807) is 0 Å². The molecule has 0 saturated heterocycles. The molecule has 0 radical (unpaired) electrons. The Hall–Kier alpha value is -1.38. The average Bonchev–Trinajstić information content (AvgIpc) is 2.57. The summed E-state index contributed by atoms with van der Waals surface area (Å²) in [5.41, 5.74) is 10.3. The molecule has 0 aliphatic heterocycles. The Labute approximate surface area is 106 Å². The minimum Gasteiger partial charge on any atom is -0.476 e. The van der Waals surface area contributed by atoms with Gasteiger partial charge in [-0.3, -0.25) is 0 Å². The number of oxime groups is 1. The maximum Gasteiger partial charge on any atom is 0.360 e. The zero-order valence-electron chi connectivity index (χ0n) is 8.72. The molecule has 17 heavy (non-hydrogen) atoms. The van der Waals surface area contributed by atoms with Gasteiger partial charge in [0, 0.05) is 0 Å². The summed E-state index contributed by atoms with van der Waals surface area (Å²) in [4.78, 5) is 19.5. The summed E-state index contributed by atoms with van der Waals surface area (Å²) in [5, 5.41) is 12.6. The Morgan fingerprint density at radius 2 is 2.35 bits per heavy atom. The van der Waals surface area contributed by atoms with Crippen LogP contribution in [0.15, 0.2) is 5.16 Å². The summed E-state index contributed by atoms with van der Waals surface area (Å²) >= 11 is 6.75. The fourth-order valence-electron chi connectivity index (χ4n) is 0.905. The maximum absolute atomic E-state index is 11.0. The van der Waals surface area contributed by atoms with Crippen molar-refractivity contribution in [1.82, 2.24) is 4.98 Å². The van der Waals surface area contributed by atoms with Crippen molar-refractivity contribution in [3.63, 3.8) is 0 Å². The average molecular weight is 279 g/mol. The lowest BCUT2D eigenvalue weighted by Gasteiger charge is -2.00. The predicted molar refractivity (Wildman–Crippen MR) is 65.3 cm³/mol. The number of nitrogen functional groups attached to an aromatic ring is 1. The van der Waals surface area contributed by atoms with Crippen LogP contribution in [-0.4, -0.2) is 34.9 Å². The van der Waals surface area contributed by atoms with Gasteiger partial charge < -0.3 is 21.4 Å². The molecule has 9 heteroatoms. The van der Waals surface area contributed by atoms with Crippen molar-refractivity contribution in [2.75, 3.05) is 18.9 Å². The third-order valence-electron chi connectivity index (χ3n) is 1.62. The molecule has 1 aromatic heterocycles. The molecule has 0 atom stereocenters. The fourth-order valence-corrected chi connectivity index (χ4v) is 1.83. The van der Waals surface area contributed by atoms with Crippen LogP contribution < -0.4 is 11.5 Å². The van der Waals surface area contributed by atoms with Crippen LogP contribution in [0.25, 0.3) is 0 Å². The highest BCUT2D eigenvalue weighted by Gasteiger charge is 2.21. The predicted octanol–water partition coefficient (Wildman–Crippen LogP) is 0.533. The Bertz CT molecular complexity index is 434. The summed E-state index contributed by atoms with van der Waals surface area (Å²) in [7, 11) is 0.